The number of morpholine rings is 1. The number of benzene rings is 1. The summed E-state index contributed by atoms with van der Waals surface area (Å²) in [5, 5.41) is 3.15. The van der Waals surface area contributed by atoms with Gasteiger partial charge in [0.25, 0.3) is 5.91 Å². The lowest BCUT2D eigenvalue weighted by Crippen LogP contribution is -2.50. The first-order chi connectivity index (χ1) is 19.0. The number of aromatic nitrogens is 2. The fourth-order valence-corrected chi connectivity index (χ4v) is 4.62. The molecule has 2 aliphatic rings. The molecule has 1 saturated heterocycles. The molecular weight excluding hydrogens is 535 g/mol. The second-order valence-corrected chi connectivity index (χ2v) is 9.67. The van der Waals surface area contributed by atoms with Crippen LogP contribution in [0.4, 0.5) is 18.0 Å². The van der Waals surface area contributed by atoms with Gasteiger partial charge in [0.15, 0.2) is 11.5 Å². The smallest absolute Gasteiger partial charge is 0.433 e. The van der Waals surface area contributed by atoms with Crippen LogP contribution in [-0.2, 0) is 15.7 Å². The van der Waals surface area contributed by atoms with Crippen LogP contribution in [0.15, 0.2) is 28.7 Å². The molecule has 1 aliphatic heterocycles. The zero-order chi connectivity index (χ0) is 28.6. The van der Waals surface area contributed by atoms with Crippen molar-refractivity contribution in [1.82, 2.24) is 20.2 Å². The summed E-state index contributed by atoms with van der Waals surface area (Å²) in [6.07, 6.45) is -4.48. The van der Waals surface area contributed by atoms with Gasteiger partial charge < -0.3 is 34.6 Å². The van der Waals surface area contributed by atoms with E-state index in [0.29, 0.717) is 50.1 Å². The monoisotopic (exact) mass is 563 g/mol. The highest BCUT2D eigenvalue weighted by Gasteiger charge is 2.37. The normalized spacial score (nSPS) is 20.1. The molecule has 0 unspecified atom stereocenters. The Bertz CT molecular complexity index is 1410. The number of nitrogens with two attached hydrogens (primary N) is 1. The van der Waals surface area contributed by atoms with Gasteiger partial charge in [-0.05, 0) is 31.2 Å². The van der Waals surface area contributed by atoms with Crippen LogP contribution in [0.5, 0.6) is 5.75 Å². The number of hydrogen-bond donors (Lipinski definition) is 2. The van der Waals surface area contributed by atoms with E-state index >= 15 is 0 Å². The zero-order valence-corrected chi connectivity index (χ0v) is 21.8. The Labute approximate surface area is 226 Å². The van der Waals surface area contributed by atoms with Crippen molar-refractivity contribution in [2.75, 3.05) is 33.4 Å². The summed E-state index contributed by atoms with van der Waals surface area (Å²) < 4.78 is 61.7. The molecule has 214 valence electrons. The number of carbonyl (C=O) groups excluding carboxylic acids is 2. The van der Waals surface area contributed by atoms with E-state index in [2.05, 4.69) is 15.3 Å². The van der Waals surface area contributed by atoms with E-state index in [1.165, 1.54) is 19.2 Å². The lowest BCUT2D eigenvalue weighted by Gasteiger charge is -2.36. The number of nitrogens with one attached hydrogen (secondary N) is 1. The van der Waals surface area contributed by atoms with Crippen molar-refractivity contribution in [3.05, 3.63) is 41.4 Å². The minimum atomic E-state index is -4.65. The second kappa shape index (κ2) is 10.9. The van der Waals surface area contributed by atoms with E-state index in [-0.39, 0.29) is 40.8 Å². The molecular formula is C26H28F3N5O6. The van der Waals surface area contributed by atoms with Crippen LogP contribution >= 0.6 is 0 Å². The molecule has 0 radical (unpaired) electrons. The van der Waals surface area contributed by atoms with Gasteiger partial charge in [0.2, 0.25) is 5.89 Å². The first-order valence-corrected chi connectivity index (χ1v) is 12.7. The summed E-state index contributed by atoms with van der Waals surface area (Å²) in [7, 11) is 1.33. The molecule has 3 N–H and O–H groups in total. The molecule has 11 nitrogen and oxygen atoms in total. The molecule has 1 aliphatic carbocycles. The van der Waals surface area contributed by atoms with Gasteiger partial charge in [-0.3, -0.25) is 4.79 Å². The Morgan fingerprint density at radius 3 is 2.52 bits per heavy atom. The van der Waals surface area contributed by atoms with Gasteiger partial charge in [0, 0.05) is 42.9 Å². The number of fused-ring (bicyclic) bond motifs is 1. The third-order valence-electron chi connectivity index (χ3n) is 6.81. The van der Waals surface area contributed by atoms with E-state index in [4.69, 9.17) is 24.4 Å². The molecule has 0 bridgehead atoms. The Morgan fingerprint density at radius 2 is 1.88 bits per heavy atom. The minimum absolute atomic E-state index is 0.00223. The average Bonchev–Trinajstić information content (AvgIpc) is 3.36. The summed E-state index contributed by atoms with van der Waals surface area (Å²) in [5.41, 5.74) is 5.22. The Kier molecular flexibility index (Phi) is 7.55. The van der Waals surface area contributed by atoms with Crippen molar-refractivity contribution in [2.45, 2.75) is 44.1 Å². The van der Waals surface area contributed by atoms with E-state index < -0.39 is 29.9 Å². The number of rotatable bonds is 6. The summed E-state index contributed by atoms with van der Waals surface area (Å²) in [6.45, 7) is 3.51. The van der Waals surface area contributed by atoms with Gasteiger partial charge in [0.05, 0.1) is 26.4 Å². The molecule has 3 aromatic rings. The topological polar surface area (TPSA) is 142 Å². The van der Waals surface area contributed by atoms with Gasteiger partial charge in [-0.2, -0.15) is 13.2 Å². The van der Waals surface area contributed by atoms with Crippen molar-refractivity contribution >= 4 is 22.9 Å². The maximum absolute atomic E-state index is 13.3. The third kappa shape index (κ3) is 5.54. The number of hydrogen-bond acceptors (Lipinski definition) is 9. The predicted molar refractivity (Wildman–Crippen MR) is 135 cm³/mol. The SMILES string of the molecule is COc1ccc(-c2nc(C(=O)NC3CC(OC(=O)N4CCOCC4)C3)c([C@H](C)N)o2)c2ccc(C(F)(F)F)nc12. The summed E-state index contributed by atoms with van der Waals surface area (Å²) in [4.78, 5) is 35.1. The lowest BCUT2D eigenvalue weighted by molar-refractivity contribution is -0.140. The summed E-state index contributed by atoms with van der Waals surface area (Å²) in [6, 6.07) is 4.17. The number of ether oxygens (including phenoxy) is 3. The molecule has 1 atom stereocenters. The largest absolute Gasteiger partial charge is 0.494 e. The number of methoxy groups -OCH3 is 1. The zero-order valence-electron chi connectivity index (χ0n) is 21.8. The first kappa shape index (κ1) is 27.6. The molecule has 1 aromatic carbocycles. The highest BCUT2D eigenvalue weighted by molar-refractivity contribution is 5.98. The molecule has 2 aromatic heterocycles. The van der Waals surface area contributed by atoms with Crippen molar-refractivity contribution in [3.63, 3.8) is 0 Å². The summed E-state index contributed by atoms with van der Waals surface area (Å²) >= 11 is 0. The van der Waals surface area contributed by atoms with Gasteiger partial charge in [-0.15, -0.1) is 0 Å². The maximum atomic E-state index is 13.3. The molecule has 5 rings (SSSR count). The fraction of sp³-hybridized carbons (Fsp3) is 0.462. The molecule has 40 heavy (non-hydrogen) atoms. The fourth-order valence-electron chi connectivity index (χ4n) is 4.62. The average molecular weight is 564 g/mol. The number of amides is 2. The number of alkyl halides is 3. The predicted octanol–water partition coefficient (Wildman–Crippen LogP) is 3.67. The van der Waals surface area contributed by atoms with Crippen LogP contribution in [0.2, 0.25) is 0 Å². The second-order valence-electron chi connectivity index (χ2n) is 9.67. The lowest BCUT2D eigenvalue weighted by atomic mass is 9.89. The van der Waals surface area contributed by atoms with Crippen molar-refractivity contribution in [1.29, 1.82) is 0 Å². The maximum Gasteiger partial charge on any atom is 0.433 e. The number of oxazole rings is 1. The number of carbonyl (C=O) groups is 2. The van der Waals surface area contributed by atoms with E-state index in [1.54, 1.807) is 17.9 Å². The van der Waals surface area contributed by atoms with Crippen LogP contribution in [0, 0.1) is 0 Å². The van der Waals surface area contributed by atoms with Crippen molar-refractivity contribution < 1.29 is 41.4 Å². The standard InChI is InChI=1S/C26H28F3N5O6/c1-13(30)22-21(23(35)31-14-11-15(12-14)39-25(36)34-7-9-38-10-8-34)33-24(40-22)17-3-5-18(37-2)20-16(17)4-6-19(32-20)26(27,28)29/h3-6,13-15H,7-12,30H2,1-2H3,(H,31,35)/t13-,14?,15?/m0/s1. The van der Waals surface area contributed by atoms with Gasteiger partial charge in [-0.25, -0.2) is 14.8 Å². The van der Waals surface area contributed by atoms with Crippen LogP contribution in [0.25, 0.3) is 22.4 Å². The Morgan fingerprint density at radius 1 is 1.15 bits per heavy atom. The first-order valence-electron chi connectivity index (χ1n) is 12.7. The van der Waals surface area contributed by atoms with Crippen molar-refractivity contribution in [3.8, 4) is 17.2 Å². The van der Waals surface area contributed by atoms with E-state index in [1.807, 2.05) is 0 Å². The van der Waals surface area contributed by atoms with Crippen LogP contribution in [0.3, 0.4) is 0 Å². The molecule has 3 heterocycles. The molecule has 2 fully saturated rings. The van der Waals surface area contributed by atoms with Crippen LogP contribution in [0.1, 0.15) is 47.7 Å². The highest BCUT2D eigenvalue weighted by Crippen LogP contribution is 2.37. The van der Waals surface area contributed by atoms with Gasteiger partial charge in [0.1, 0.15) is 23.1 Å². The Balaban J connectivity index is 1.33. The van der Waals surface area contributed by atoms with Crippen molar-refractivity contribution in [2.24, 2.45) is 5.73 Å². The molecule has 14 heteroatoms. The number of halogens is 3. The molecule has 0 spiro atoms. The van der Waals surface area contributed by atoms with Crippen LogP contribution < -0.4 is 15.8 Å². The molecule has 1 saturated carbocycles. The summed E-state index contributed by atoms with van der Waals surface area (Å²) in [5.74, 6) is -0.278. The molecule has 2 amide bonds. The van der Waals surface area contributed by atoms with Gasteiger partial charge in [-0.1, -0.05) is 0 Å². The quantitative estimate of drug-likeness (QED) is 0.459. The minimum Gasteiger partial charge on any atom is -0.494 e. The van der Waals surface area contributed by atoms with Gasteiger partial charge >= 0.3 is 12.3 Å². The van der Waals surface area contributed by atoms with E-state index in [0.717, 1.165) is 6.07 Å². The Hall–Kier alpha value is -3.91. The van der Waals surface area contributed by atoms with E-state index in [9.17, 15) is 22.8 Å². The number of nitrogens with zero attached hydrogens (tertiary/aromatic N) is 3. The van der Waals surface area contributed by atoms with Crippen LogP contribution in [-0.4, -0.2) is 72.4 Å². The number of pyridine rings is 1. The third-order valence-corrected chi connectivity index (χ3v) is 6.81. The highest BCUT2D eigenvalue weighted by atomic mass is 19.4.